The molecule has 0 aliphatic rings. The first-order valence-electron chi connectivity index (χ1n) is 5.28. The quantitative estimate of drug-likeness (QED) is 0.642. The number of hydrogen-bond donors (Lipinski definition) is 2. The van der Waals surface area contributed by atoms with Gasteiger partial charge in [0.2, 0.25) is 0 Å². The standard InChI is InChI=1S/C11H10N4O4/c1-12-7-2-3-10(15(17)18)9(4-7)11(16)14-8-5-13-19-6-8/h2-6,12H,1H3,(H,14,16). The van der Waals surface area contributed by atoms with Crippen LogP contribution in [0.3, 0.4) is 0 Å². The van der Waals surface area contributed by atoms with Crippen LogP contribution < -0.4 is 10.6 Å². The predicted octanol–water partition coefficient (Wildman–Crippen LogP) is 1.88. The number of rotatable bonds is 4. The van der Waals surface area contributed by atoms with Crippen LogP contribution in [0.25, 0.3) is 0 Å². The van der Waals surface area contributed by atoms with Gasteiger partial charge in [0.15, 0.2) is 0 Å². The van der Waals surface area contributed by atoms with E-state index in [9.17, 15) is 14.9 Å². The number of nitrogens with one attached hydrogen (secondary N) is 2. The highest BCUT2D eigenvalue weighted by atomic mass is 16.6. The Morgan fingerprint density at radius 3 is 2.79 bits per heavy atom. The summed E-state index contributed by atoms with van der Waals surface area (Å²) in [6.07, 6.45) is 2.53. The summed E-state index contributed by atoms with van der Waals surface area (Å²) in [5.74, 6) is -0.605. The number of nitro benzene ring substituents is 1. The molecule has 0 aliphatic carbocycles. The average molecular weight is 262 g/mol. The van der Waals surface area contributed by atoms with E-state index in [2.05, 4.69) is 20.3 Å². The van der Waals surface area contributed by atoms with E-state index in [0.717, 1.165) is 0 Å². The number of carbonyl (C=O) groups is 1. The molecule has 2 rings (SSSR count). The molecule has 1 heterocycles. The summed E-state index contributed by atoms with van der Waals surface area (Å²) in [5.41, 5.74) is 0.612. The lowest BCUT2D eigenvalue weighted by Gasteiger charge is -2.06. The van der Waals surface area contributed by atoms with Crippen molar-refractivity contribution in [3.63, 3.8) is 0 Å². The SMILES string of the molecule is CNc1ccc([N+](=O)[O-])c(C(=O)Nc2cnoc2)c1. The summed E-state index contributed by atoms with van der Waals surface area (Å²) in [7, 11) is 1.66. The van der Waals surface area contributed by atoms with E-state index in [1.165, 1.54) is 30.7 Å². The number of carbonyl (C=O) groups excluding carboxylic acids is 1. The monoisotopic (exact) mass is 262 g/mol. The highest BCUT2D eigenvalue weighted by molar-refractivity contribution is 6.07. The van der Waals surface area contributed by atoms with E-state index < -0.39 is 10.8 Å². The maximum atomic E-state index is 12.0. The summed E-state index contributed by atoms with van der Waals surface area (Å²) in [6.45, 7) is 0. The lowest BCUT2D eigenvalue weighted by molar-refractivity contribution is -0.385. The van der Waals surface area contributed by atoms with Crippen molar-refractivity contribution >= 4 is 23.0 Å². The number of anilines is 2. The first kappa shape index (κ1) is 12.6. The summed E-state index contributed by atoms with van der Waals surface area (Å²) < 4.78 is 4.56. The first-order chi connectivity index (χ1) is 9.11. The minimum absolute atomic E-state index is 0.0435. The molecule has 1 aromatic carbocycles. The van der Waals surface area contributed by atoms with Crippen LogP contribution in [0.4, 0.5) is 17.1 Å². The van der Waals surface area contributed by atoms with Crippen molar-refractivity contribution < 1.29 is 14.2 Å². The van der Waals surface area contributed by atoms with Crippen molar-refractivity contribution in [2.45, 2.75) is 0 Å². The van der Waals surface area contributed by atoms with E-state index in [-0.39, 0.29) is 11.3 Å². The van der Waals surface area contributed by atoms with Crippen molar-refractivity contribution in [2.75, 3.05) is 17.7 Å². The zero-order chi connectivity index (χ0) is 13.8. The van der Waals surface area contributed by atoms with Crippen molar-refractivity contribution in [3.8, 4) is 0 Å². The molecule has 0 spiro atoms. The number of amides is 1. The van der Waals surface area contributed by atoms with Crippen molar-refractivity contribution in [1.29, 1.82) is 0 Å². The van der Waals surface area contributed by atoms with Gasteiger partial charge in [-0.15, -0.1) is 0 Å². The molecule has 98 valence electrons. The van der Waals surface area contributed by atoms with Crippen molar-refractivity contribution in [2.24, 2.45) is 0 Å². The number of hydrogen-bond acceptors (Lipinski definition) is 6. The Morgan fingerprint density at radius 1 is 1.42 bits per heavy atom. The van der Waals surface area contributed by atoms with Crippen LogP contribution in [-0.2, 0) is 0 Å². The predicted molar refractivity (Wildman–Crippen MR) is 67.1 cm³/mol. The molecule has 0 fully saturated rings. The van der Waals surface area contributed by atoms with Gasteiger partial charge < -0.3 is 15.2 Å². The third kappa shape index (κ3) is 2.68. The van der Waals surface area contributed by atoms with Crippen LogP contribution in [0.1, 0.15) is 10.4 Å². The lowest BCUT2D eigenvalue weighted by Crippen LogP contribution is -2.14. The second-order valence-corrected chi connectivity index (χ2v) is 3.61. The Balaban J connectivity index is 2.35. The number of aromatic nitrogens is 1. The molecule has 0 unspecified atom stereocenters. The summed E-state index contributed by atoms with van der Waals surface area (Å²) >= 11 is 0. The van der Waals surface area contributed by atoms with Crippen molar-refractivity contribution in [1.82, 2.24) is 5.16 Å². The Kier molecular flexibility index (Phi) is 3.42. The largest absolute Gasteiger partial charge is 0.388 e. The molecular weight excluding hydrogens is 252 g/mol. The van der Waals surface area contributed by atoms with E-state index in [0.29, 0.717) is 11.4 Å². The van der Waals surface area contributed by atoms with E-state index in [1.54, 1.807) is 7.05 Å². The molecule has 0 bridgehead atoms. The van der Waals surface area contributed by atoms with Crippen molar-refractivity contribution in [3.05, 3.63) is 46.3 Å². The molecule has 1 aromatic heterocycles. The third-order valence-corrected chi connectivity index (χ3v) is 2.42. The summed E-state index contributed by atoms with van der Waals surface area (Å²) in [4.78, 5) is 22.3. The second-order valence-electron chi connectivity index (χ2n) is 3.61. The zero-order valence-electron chi connectivity index (χ0n) is 9.91. The minimum Gasteiger partial charge on any atom is -0.388 e. The maximum Gasteiger partial charge on any atom is 0.282 e. The molecule has 0 aliphatic heterocycles. The second kappa shape index (κ2) is 5.17. The van der Waals surface area contributed by atoms with Crippen LogP contribution in [0.2, 0.25) is 0 Å². The van der Waals surface area contributed by atoms with Crippen LogP contribution >= 0.6 is 0 Å². The van der Waals surface area contributed by atoms with E-state index in [1.807, 2.05) is 0 Å². The molecule has 0 atom stereocenters. The molecule has 8 heteroatoms. The van der Waals surface area contributed by atoms with Gasteiger partial charge in [-0.1, -0.05) is 5.16 Å². The van der Waals surface area contributed by atoms with Gasteiger partial charge >= 0.3 is 0 Å². The van der Waals surface area contributed by atoms with E-state index in [4.69, 9.17) is 0 Å². The topological polar surface area (TPSA) is 110 Å². The van der Waals surface area contributed by atoms with Crippen LogP contribution in [0.15, 0.2) is 35.2 Å². The molecule has 0 saturated heterocycles. The maximum absolute atomic E-state index is 12.0. The summed E-state index contributed by atoms with van der Waals surface area (Å²) in [6, 6.07) is 4.20. The fourth-order valence-corrected chi connectivity index (χ4v) is 1.50. The highest BCUT2D eigenvalue weighted by Crippen LogP contribution is 2.23. The molecule has 1 amide bonds. The van der Waals surface area contributed by atoms with Crippen LogP contribution in [-0.4, -0.2) is 23.0 Å². The molecule has 2 N–H and O–H groups in total. The lowest BCUT2D eigenvalue weighted by atomic mass is 10.1. The van der Waals surface area contributed by atoms with E-state index >= 15 is 0 Å². The van der Waals surface area contributed by atoms with Gasteiger partial charge in [0.1, 0.15) is 17.5 Å². The van der Waals surface area contributed by atoms with Crippen LogP contribution in [0.5, 0.6) is 0 Å². The first-order valence-corrected chi connectivity index (χ1v) is 5.28. The Morgan fingerprint density at radius 2 is 2.21 bits per heavy atom. The molecule has 8 nitrogen and oxygen atoms in total. The molecule has 19 heavy (non-hydrogen) atoms. The average Bonchev–Trinajstić information content (AvgIpc) is 2.90. The number of benzene rings is 1. The fraction of sp³-hybridized carbons (Fsp3) is 0.0909. The van der Waals surface area contributed by atoms with Gasteiger partial charge in [-0.05, 0) is 12.1 Å². The normalized spacial score (nSPS) is 9.95. The Hall–Kier alpha value is -2.90. The third-order valence-electron chi connectivity index (χ3n) is 2.42. The zero-order valence-corrected chi connectivity index (χ0v) is 9.91. The number of nitro groups is 1. The Bertz CT molecular complexity index is 609. The smallest absolute Gasteiger partial charge is 0.282 e. The van der Waals surface area contributed by atoms with Gasteiger partial charge in [-0.3, -0.25) is 14.9 Å². The van der Waals surface area contributed by atoms with Gasteiger partial charge in [0, 0.05) is 18.8 Å². The van der Waals surface area contributed by atoms with Crippen LogP contribution in [0, 0.1) is 10.1 Å². The fourth-order valence-electron chi connectivity index (χ4n) is 1.50. The molecule has 0 saturated carbocycles. The summed E-state index contributed by atoms with van der Waals surface area (Å²) in [5, 5.41) is 19.6. The molecule has 0 radical (unpaired) electrons. The number of nitrogens with zero attached hydrogens (tertiary/aromatic N) is 2. The Labute approximate surface area is 107 Å². The van der Waals surface area contributed by atoms with Gasteiger partial charge in [-0.25, -0.2) is 0 Å². The van der Waals surface area contributed by atoms with Gasteiger partial charge in [0.05, 0.1) is 11.1 Å². The van der Waals surface area contributed by atoms with Gasteiger partial charge in [-0.2, -0.15) is 0 Å². The highest BCUT2D eigenvalue weighted by Gasteiger charge is 2.21. The molecular formula is C11H10N4O4. The van der Waals surface area contributed by atoms with Gasteiger partial charge in [0.25, 0.3) is 11.6 Å². The molecule has 2 aromatic rings. The minimum atomic E-state index is -0.609.